The number of ether oxygens (including phenoxy) is 3. The second-order valence-electron chi connectivity index (χ2n) is 26.6. The summed E-state index contributed by atoms with van der Waals surface area (Å²) in [5.74, 6) is 1.52. The number of thiophene rings is 2. The molecule has 0 aliphatic carbocycles. The third-order valence-corrected chi connectivity index (χ3v) is 21.8. The predicted molar refractivity (Wildman–Crippen MR) is 380 cm³/mol. The molecule has 4 aliphatic heterocycles. The average molecular weight is 1480 g/mol. The van der Waals surface area contributed by atoms with Crippen molar-refractivity contribution in [3.05, 3.63) is 103 Å². The summed E-state index contributed by atoms with van der Waals surface area (Å²) >= 11 is 9.97. The van der Waals surface area contributed by atoms with Crippen LogP contribution < -0.4 is 21.4 Å². The van der Waals surface area contributed by atoms with E-state index >= 15 is 0 Å². The minimum absolute atomic E-state index is 0.0778. The summed E-state index contributed by atoms with van der Waals surface area (Å²) < 4.78 is 28.9. The first-order chi connectivity index (χ1) is 45.7. The Labute approximate surface area is 584 Å². The van der Waals surface area contributed by atoms with Crippen LogP contribution in [0.1, 0.15) is 143 Å². The summed E-state index contributed by atoms with van der Waals surface area (Å²) in [7, 11) is 3.42. The lowest BCUT2D eigenvalue weighted by Gasteiger charge is -2.32. The van der Waals surface area contributed by atoms with Crippen molar-refractivity contribution in [2.45, 2.75) is 155 Å². The Morgan fingerprint density at radius 2 is 0.917 bits per heavy atom. The van der Waals surface area contributed by atoms with Crippen LogP contribution in [0.4, 0.5) is 14.4 Å². The number of benzene rings is 3. The Morgan fingerprint density at radius 3 is 1.28 bits per heavy atom. The van der Waals surface area contributed by atoms with Crippen LogP contribution in [-0.4, -0.2) is 158 Å². The molecule has 1 unspecified atom stereocenters. The van der Waals surface area contributed by atoms with Gasteiger partial charge in [-0.25, -0.2) is 29.3 Å². The number of amides is 6. The molecule has 28 heteroatoms. The molecule has 512 valence electrons. The molecule has 4 fully saturated rings. The number of hydrogen-bond donors (Lipinski definition) is 6. The Morgan fingerprint density at radius 1 is 0.531 bits per heavy atom. The van der Waals surface area contributed by atoms with Crippen molar-refractivity contribution in [3.63, 3.8) is 0 Å². The molecule has 0 spiro atoms. The van der Waals surface area contributed by atoms with Crippen LogP contribution in [0.15, 0.2) is 85.7 Å². The van der Waals surface area contributed by atoms with Gasteiger partial charge < -0.3 is 69.1 Å². The molecule has 4 aliphatic rings. The molecule has 96 heavy (non-hydrogen) atoms. The fraction of sp³-hybridized carbons (Fsp3) is 0.485. The molecule has 0 saturated carbocycles. The molecular formula is C68H85BBr2N12O11S2. The number of aromatic nitrogens is 6. The summed E-state index contributed by atoms with van der Waals surface area (Å²) in [6, 6.07) is 19.8. The summed E-state index contributed by atoms with van der Waals surface area (Å²) in [5.41, 5.74) is 8.39. The minimum Gasteiger partial charge on any atom is -0.453 e. The van der Waals surface area contributed by atoms with Crippen molar-refractivity contribution in [3.8, 4) is 21.6 Å². The Bertz CT molecular complexity index is 3940. The van der Waals surface area contributed by atoms with Crippen LogP contribution in [0.3, 0.4) is 0 Å². The second-order valence-corrected chi connectivity index (χ2v) is 30.7. The molecule has 8 aromatic rings. The first kappa shape index (κ1) is 71.4. The fourth-order valence-electron chi connectivity index (χ4n) is 12.5. The number of aromatic amines is 3. The number of fused-ring (bicyclic) bond motifs is 3. The standard InChI is InChI=1S/C40H48N8O6S.C24H35BN4O5.C4H2Br2S/c1-21(2)33(45-39(51)53-5)37(49)47-15-7-9-30(47)35-41-26-13-11-23(17-28(26)43-35)25-19-32(55-20-25)24-12-14-27-29(18-24)44-36(42-27)31-10-8-16-48(31)38(50)34(22(3)4)46-40(52)54-6;1-14(2)19(28-22(31)32-7)21(30)29-12-8-9-18(29)20-26-16-11-10-15(13-17(16)27-20)25-33-23(3,4)24(5,6)34-25;5-3-1-4(6)7-2-3/h11-14,17-22,30-31,33-34H,7-10,15-16H2,1-6H3,(H,41,43)(H,42,44)(H,45,51)(H,46,52);10-11,13-14,18-19H,8-9,12H2,1-7H3,(H,26,27)(H,28,31);1-2H/t30?,31-,33-,34-;18-,19-;/m00./s1. The SMILES string of the molecule is Brc1csc(Br)c1.COC(=O)N[C@H](C(=O)N1CCCC1c1nc2ccc(-c3csc(-c4ccc5nc([C@@H]6CCCN6C(=O)[C@@H](NC(=O)OC)C(C)C)[nH]c5c4)c3)cc2[nH]1)C(C)C.COC(=O)N[C@H](C(=O)N1CCC[C@H]1c1nc2ccc(B3OC(C)(C)C(C)(C)O3)cc2[nH]1)C(C)C. The van der Waals surface area contributed by atoms with Crippen LogP contribution in [0.2, 0.25) is 0 Å². The molecule has 4 saturated heterocycles. The third kappa shape index (κ3) is 15.8. The number of imidazole rings is 3. The summed E-state index contributed by atoms with van der Waals surface area (Å²) in [6.07, 6.45) is 3.07. The number of alkyl carbamates (subject to hydrolysis) is 3. The van der Waals surface area contributed by atoms with Gasteiger partial charge in [0.2, 0.25) is 17.7 Å². The zero-order chi connectivity index (χ0) is 69.1. The van der Waals surface area contributed by atoms with Gasteiger partial charge in [0, 0.05) is 34.4 Å². The summed E-state index contributed by atoms with van der Waals surface area (Å²) in [6.45, 7) is 21.4. The number of carbonyl (C=O) groups excluding carboxylic acids is 6. The molecule has 0 bridgehead atoms. The van der Waals surface area contributed by atoms with Crippen LogP contribution in [0.25, 0.3) is 54.7 Å². The number of likely N-dealkylation sites (tertiary alicyclic amines) is 3. The first-order valence-corrected chi connectivity index (χ1v) is 35.8. The highest BCUT2D eigenvalue weighted by Crippen LogP contribution is 2.40. The van der Waals surface area contributed by atoms with Crippen molar-refractivity contribution in [2.75, 3.05) is 41.0 Å². The van der Waals surface area contributed by atoms with Gasteiger partial charge in [-0.05, 0) is 192 Å². The van der Waals surface area contributed by atoms with Crippen LogP contribution in [-0.2, 0) is 37.9 Å². The van der Waals surface area contributed by atoms with Crippen molar-refractivity contribution in [1.82, 2.24) is 60.6 Å². The van der Waals surface area contributed by atoms with E-state index in [1.807, 2.05) is 126 Å². The molecular weight excluding hydrogens is 1400 g/mol. The third-order valence-electron chi connectivity index (χ3n) is 18.5. The van der Waals surface area contributed by atoms with E-state index in [0.29, 0.717) is 19.6 Å². The van der Waals surface area contributed by atoms with Crippen molar-refractivity contribution < 1.29 is 52.3 Å². The van der Waals surface area contributed by atoms with Gasteiger partial charge in [0.25, 0.3) is 0 Å². The maximum absolute atomic E-state index is 13.6. The highest BCUT2D eigenvalue weighted by Gasteiger charge is 2.52. The van der Waals surface area contributed by atoms with Crippen molar-refractivity contribution >= 4 is 136 Å². The number of carbonyl (C=O) groups is 6. The minimum atomic E-state index is -0.693. The number of rotatable bonds is 15. The van der Waals surface area contributed by atoms with E-state index in [-0.39, 0.29) is 53.6 Å². The van der Waals surface area contributed by atoms with E-state index in [2.05, 4.69) is 98.5 Å². The highest BCUT2D eigenvalue weighted by atomic mass is 79.9. The molecule has 3 aromatic carbocycles. The Kier molecular flexibility index (Phi) is 22.4. The normalized spacial score (nSPS) is 19.1. The van der Waals surface area contributed by atoms with E-state index in [1.165, 1.54) is 25.1 Å². The highest BCUT2D eigenvalue weighted by molar-refractivity contribution is 9.11. The number of nitrogens with one attached hydrogen (secondary N) is 6. The van der Waals surface area contributed by atoms with E-state index in [1.54, 1.807) is 22.7 Å². The zero-order valence-corrected chi connectivity index (χ0v) is 61.2. The van der Waals surface area contributed by atoms with Gasteiger partial charge in [-0.3, -0.25) is 14.4 Å². The summed E-state index contributed by atoms with van der Waals surface area (Å²) in [5, 5.41) is 12.3. The Hall–Kier alpha value is -7.37. The lowest BCUT2D eigenvalue weighted by atomic mass is 9.79. The molecule has 23 nitrogen and oxygen atoms in total. The topological polar surface area (TPSA) is 280 Å². The van der Waals surface area contributed by atoms with Crippen molar-refractivity contribution in [2.24, 2.45) is 17.8 Å². The lowest BCUT2D eigenvalue weighted by molar-refractivity contribution is -0.136. The molecule has 6 amide bonds. The van der Waals surface area contributed by atoms with Crippen LogP contribution >= 0.6 is 54.5 Å². The van der Waals surface area contributed by atoms with Gasteiger partial charge in [0.15, 0.2) is 0 Å². The van der Waals surface area contributed by atoms with Gasteiger partial charge in [0.1, 0.15) is 35.6 Å². The quantitative estimate of drug-likeness (QED) is 0.0411. The Balaban J connectivity index is 0.000000206. The van der Waals surface area contributed by atoms with Crippen LogP contribution in [0, 0.1) is 17.8 Å². The molecule has 6 N–H and O–H groups in total. The number of nitrogens with zero attached hydrogens (tertiary/aromatic N) is 6. The monoisotopic (exact) mass is 1480 g/mol. The maximum Gasteiger partial charge on any atom is 0.494 e. The largest absolute Gasteiger partial charge is 0.494 e. The smallest absolute Gasteiger partial charge is 0.453 e. The van der Waals surface area contributed by atoms with Gasteiger partial charge >= 0.3 is 25.4 Å². The number of hydrogen-bond acceptors (Lipinski definition) is 16. The van der Waals surface area contributed by atoms with Crippen LogP contribution in [0.5, 0.6) is 0 Å². The molecule has 5 aromatic heterocycles. The average Bonchev–Trinajstić information content (AvgIpc) is 1.61. The maximum atomic E-state index is 13.6. The summed E-state index contributed by atoms with van der Waals surface area (Å²) in [4.78, 5) is 108. The predicted octanol–water partition coefficient (Wildman–Crippen LogP) is 13.1. The second kappa shape index (κ2) is 30.2. The van der Waals surface area contributed by atoms with E-state index < -0.39 is 54.7 Å². The lowest BCUT2D eigenvalue weighted by Crippen LogP contribution is -2.51. The zero-order valence-electron chi connectivity index (χ0n) is 56.4. The molecule has 12 rings (SSSR count). The molecule has 9 heterocycles. The first-order valence-electron chi connectivity index (χ1n) is 32.5. The fourth-order valence-corrected chi connectivity index (χ4v) is 15.4. The molecule has 0 radical (unpaired) electrons. The van der Waals surface area contributed by atoms with Gasteiger partial charge in [0.05, 0.1) is 87.5 Å². The number of methoxy groups -OCH3 is 3. The number of H-pyrrole nitrogens is 3. The van der Waals surface area contributed by atoms with E-state index in [4.69, 9.17) is 38.5 Å². The van der Waals surface area contributed by atoms with E-state index in [9.17, 15) is 28.8 Å². The van der Waals surface area contributed by atoms with Gasteiger partial charge in [-0.2, -0.15) is 0 Å². The van der Waals surface area contributed by atoms with Gasteiger partial charge in [-0.15, -0.1) is 22.7 Å². The van der Waals surface area contributed by atoms with E-state index in [0.717, 1.165) is 121 Å². The van der Waals surface area contributed by atoms with Crippen molar-refractivity contribution in [1.29, 1.82) is 0 Å². The van der Waals surface area contributed by atoms with Gasteiger partial charge in [-0.1, -0.05) is 59.7 Å². The molecule has 6 atom stereocenters. The number of halogens is 2.